The van der Waals surface area contributed by atoms with Crippen molar-refractivity contribution < 1.29 is 18.3 Å². The molecule has 2 heterocycles. The van der Waals surface area contributed by atoms with E-state index in [4.69, 9.17) is 4.74 Å². The third kappa shape index (κ3) is 4.68. The maximum Gasteiger partial charge on any atom is 0.261 e. The topological polar surface area (TPSA) is 87.7 Å². The molecule has 0 amide bonds. The molecule has 3 N–H and O–H groups in total. The maximum atomic E-state index is 13.2. The zero-order valence-corrected chi connectivity index (χ0v) is 21.0. The first-order valence-corrected chi connectivity index (χ1v) is 13.6. The highest BCUT2D eigenvalue weighted by molar-refractivity contribution is 7.92. The van der Waals surface area contributed by atoms with Gasteiger partial charge in [-0.3, -0.25) is 4.72 Å². The number of benzene rings is 3. The minimum atomic E-state index is -3.81. The Kier molecular flexibility index (Phi) is 6.34. The van der Waals surface area contributed by atoms with E-state index in [9.17, 15) is 13.5 Å². The Balaban J connectivity index is 1.44. The van der Waals surface area contributed by atoms with Crippen LogP contribution in [0.2, 0.25) is 0 Å². The van der Waals surface area contributed by atoms with Gasteiger partial charge in [-0.15, -0.1) is 0 Å². The molecule has 0 aliphatic carbocycles. The highest BCUT2D eigenvalue weighted by Crippen LogP contribution is 2.50. The molecule has 4 atom stereocenters. The van der Waals surface area contributed by atoms with Gasteiger partial charge in [-0.05, 0) is 66.3 Å². The van der Waals surface area contributed by atoms with Crippen LogP contribution in [-0.2, 0) is 14.8 Å². The van der Waals surface area contributed by atoms with Gasteiger partial charge in [0.25, 0.3) is 10.0 Å². The lowest BCUT2D eigenvalue weighted by atomic mass is 9.80. The first kappa shape index (κ1) is 23.9. The minimum Gasteiger partial charge on any atom is -0.389 e. The average Bonchev–Trinajstić information content (AvgIpc) is 3.33. The van der Waals surface area contributed by atoms with Crippen LogP contribution < -0.4 is 10.0 Å². The van der Waals surface area contributed by atoms with Crippen LogP contribution in [0.5, 0.6) is 0 Å². The molecule has 3 aromatic rings. The molecule has 6 nitrogen and oxygen atoms in total. The van der Waals surface area contributed by atoms with Crippen molar-refractivity contribution in [2.75, 3.05) is 16.6 Å². The third-order valence-electron chi connectivity index (χ3n) is 7.10. The predicted octanol–water partition coefficient (Wildman–Crippen LogP) is 5.91. The molecule has 3 unspecified atom stereocenters. The van der Waals surface area contributed by atoms with Crippen LogP contribution in [0.4, 0.5) is 11.4 Å². The zero-order chi connectivity index (χ0) is 24.7. The van der Waals surface area contributed by atoms with E-state index in [2.05, 4.69) is 48.2 Å². The summed E-state index contributed by atoms with van der Waals surface area (Å²) in [5, 5.41) is 13.5. The van der Waals surface area contributed by atoms with Crippen LogP contribution in [0, 0.1) is 5.92 Å². The van der Waals surface area contributed by atoms with Gasteiger partial charge >= 0.3 is 0 Å². The molecule has 35 heavy (non-hydrogen) atoms. The fraction of sp³-hybridized carbons (Fsp3) is 0.357. The molecule has 2 aliphatic heterocycles. The summed E-state index contributed by atoms with van der Waals surface area (Å²) < 4.78 is 35.2. The fourth-order valence-electron chi connectivity index (χ4n) is 5.11. The van der Waals surface area contributed by atoms with E-state index in [0.717, 1.165) is 17.7 Å². The Labute approximate surface area is 207 Å². The molecule has 7 heteroatoms. The molecule has 1 fully saturated rings. The number of sulfonamides is 1. The second kappa shape index (κ2) is 9.30. The van der Waals surface area contributed by atoms with Gasteiger partial charge < -0.3 is 15.2 Å². The predicted molar refractivity (Wildman–Crippen MR) is 138 cm³/mol. The Bertz CT molecular complexity index is 1320. The summed E-state index contributed by atoms with van der Waals surface area (Å²) in [4.78, 5) is 0.189. The number of aliphatic hydroxyl groups excluding tert-OH is 1. The number of ether oxygens (including phenoxy) is 1. The number of hydrogen-bond acceptors (Lipinski definition) is 5. The lowest BCUT2D eigenvalue weighted by molar-refractivity contribution is 0.0827. The Hall–Kier alpha value is -2.87. The van der Waals surface area contributed by atoms with Gasteiger partial charge in [-0.25, -0.2) is 8.42 Å². The molecule has 0 saturated carbocycles. The summed E-state index contributed by atoms with van der Waals surface area (Å²) in [5.41, 5.74) is 5.38. The standard InChI is InChI=1S/C28H32N2O4S/c1-17(2)19-7-9-20(10-8-19)27-24-13-14-34-28(24)25-16-23(11-12-26(25)29-27)35(32,33)30-22-6-4-5-21(15-22)18(3)31/h4-12,15-18,24,27-31H,13-14H2,1-3H3/t18?,24-,27?,28?/m0/s1. The molecule has 2 aliphatic rings. The second-order valence-corrected chi connectivity index (χ2v) is 11.5. The quantitative estimate of drug-likeness (QED) is 0.398. The van der Waals surface area contributed by atoms with E-state index in [1.165, 1.54) is 11.1 Å². The number of aliphatic hydroxyl groups is 1. The summed E-state index contributed by atoms with van der Waals surface area (Å²) in [5.74, 6) is 0.705. The average molecular weight is 493 g/mol. The highest BCUT2D eigenvalue weighted by atomic mass is 32.2. The van der Waals surface area contributed by atoms with Crippen LogP contribution in [-0.4, -0.2) is 20.1 Å². The van der Waals surface area contributed by atoms with E-state index >= 15 is 0 Å². The number of fused-ring (bicyclic) bond motifs is 3. The highest BCUT2D eigenvalue weighted by Gasteiger charge is 2.42. The Morgan fingerprint density at radius 2 is 1.77 bits per heavy atom. The molecule has 0 bridgehead atoms. The maximum absolute atomic E-state index is 13.2. The smallest absolute Gasteiger partial charge is 0.261 e. The summed E-state index contributed by atoms with van der Waals surface area (Å²) in [6.07, 6.45) is 0.0738. The molecular weight excluding hydrogens is 460 g/mol. The molecule has 0 radical (unpaired) electrons. The van der Waals surface area contributed by atoms with Crippen molar-refractivity contribution >= 4 is 21.4 Å². The Morgan fingerprint density at radius 3 is 2.49 bits per heavy atom. The lowest BCUT2D eigenvalue weighted by Crippen LogP contribution is -2.29. The first-order valence-electron chi connectivity index (χ1n) is 12.2. The molecule has 1 saturated heterocycles. The molecule has 3 aromatic carbocycles. The van der Waals surface area contributed by atoms with Gasteiger partial charge in [0.2, 0.25) is 0 Å². The van der Waals surface area contributed by atoms with Gasteiger partial charge in [0, 0.05) is 29.5 Å². The van der Waals surface area contributed by atoms with Gasteiger partial charge in [0.15, 0.2) is 0 Å². The molecule has 5 rings (SSSR count). The van der Waals surface area contributed by atoms with E-state index in [1.54, 1.807) is 43.3 Å². The van der Waals surface area contributed by atoms with E-state index in [-0.39, 0.29) is 23.0 Å². The van der Waals surface area contributed by atoms with Crippen molar-refractivity contribution in [3.05, 3.63) is 89.0 Å². The summed E-state index contributed by atoms with van der Waals surface area (Å²) in [7, 11) is -3.81. The van der Waals surface area contributed by atoms with Crippen molar-refractivity contribution in [1.29, 1.82) is 0 Å². The van der Waals surface area contributed by atoms with Crippen LogP contribution in [0.25, 0.3) is 0 Å². The molecular formula is C28H32N2O4S. The third-order valence-corrected chi connectivity index (χ3v) is 8.48. The van der Waals surface area contributed by atoms with E-state index < -0.39 is 16.1 Å². The van der Waals surface area contributed by atoms with Crippen molar-refractivity contribution in [2.45, 2.75) is 56.3 Å². The number of anilines is 2. The lowest BCUT2D eigenvalue weighted by Gasteiger charge is -2.36. The van der Waals surface area contributed by atoms with Crippen molar-refractivity contribution in [2.24, 2.45) is 5.92 Å². The normalized spacial score (nSPS) is 22.3. The zero-order valence-electron chi connectivity index (χ0n) is 20.2. The summed E-state index contributed by atoms with van der Waals surface area (Å²) >= 11 is 0. The SMILES string of the molecule is CC(C)c1ccc(C2Nc3ccc(S(=O)(=O)Nc4cccc(C(C)O)c4)cc3C3OCC[C@@H]23)cc1. The minimum absolute atomic E-state index is 0.111. The van der Waals surface area contributed by atoms with Gasteiger partial charge in [-0.2, -0.15) is 0 Å². The van der Waals surface area contributed by atoms with Gasteiger partial charge in [0.1, 0.15) is 0 Å². The van der Waals surface area contributed by atoms with Crippen LogP contribution in [0.1, 0.15) is 73.6 Å². The van der Waals surface area contributed by atoms with Crippen LogP contribution in [0.15, 0.2) is 71.6 Å². The van der Waals surface area contributed by atoms with Crippen LogP contribution in [0.3, 0.4) is 0 Å². The second-order valence-electron chi connectivity index (χ2n) is 9.84. The van der Waals surface area contributed by atoms with Crippen molar-refractivity contribution in [1.82, 2.24) is 0 Å². The van der Waals surface area contributed by atoms with Gasteiger partial charge in [0.05, 0.1) is 23.1 Å². The number of hydrogen-bond donors (Lipinski definition) is 3. The molecule has 0 aromatic heterocycles. The number of nitrogens with one attached hydrogen (secondary N) is 2. The van der Waals surface area contributed by atoms with Crippen molar-refractivity contribution in [3.8, 4) is 0 Å². The summed E-state index contributed by atoms with van der Waals surface area (Å²) in [6, 6.07) is 20.9. The molecule has 0 spiro atoms. The number of rotatable bonds is 6. The Morgan fingerprint density at radius 1 is 1.00 bits per heavy atom. The van der Waals surface area contributed by atoms with Gasteiger partial charge in [-0.1, -0.05) is 50.2 Å². The first-order chi connectivity index (χ1) is 16.7. The fourth-order valence-corrected chi connectivity index (χ4v) is 6.20. The monoisotopic (exact) mass is 492 g/mol. The van der Waals surface area contributed by atoms with E-state index in [1.807, 2.05) is 6.07 Å². The van der Waals surface area contributed by atoms with E-state index in [0.29, 0.717) is 23.8 Å². The summed E-state index contributed by atoms with van der Waals surface area (Å²) in [6.45, 7) is 6.68. The van der Waals surface area contributed by atoms with Crippen LogP contribution >= 0.6 is 0 Å². The largest absolute Gasteiger partial charge is 0.389 e. The van der Waals surface area contributed by atoms with Crippen molar-refractivity contribution in [3.63, 3.8) is 0 Å². The molecule has 184 valence electrons.